The summed E-state index contributed by atoms with van der Waals surface area (Å²) in [5, 5.41) is 0.472. The van der Waals surface area contributed by atoms with Gasteiger partial charge in [0, 0.05) is 25.5 Å². The molecule has 1 N–H and O–H groups in total. The van der Waals surface area contributed by atoms with Crippen molar-refractivity contribution in [2.45, 2.75) is 51.1 Å². The number of hydrogen-bond donors (Lipinski definition) is 1. The van der Waals surface area contributed by atoms with E-state index in [1.807, 2.05) is 19.1 Å². The second-order valence-corrected chi connectivity index (χ2v) is 8.97. The van der Waals surface area contributed by atoms with Gasteiger partial charge in [-0.25, -0.2) is 9.78 Å². The number of H-pyrrole nitrogens is 1. The van der Waals surface area contributed by atoms with Crippen LogP contribution in [0.4, 0.5) is 0 Å². The summed E-state index contributed by atoms with van der Waals surface area (Å²) in [4.78, 5) is 46.2. The Morgan fingerprint density at radius 1 is 1.24 bits per heavy atom. The minimum Gasteiger partial charge on any atom is -0.465 e. The highest BCUT2D eigenvalue weighted by molar-refractivity contribution is 8.00. The largest absolute Gasteiger partial charge is 0.465 e. The van der Waals surface area contributed by atoms with Gasteiger partial charge in [-0.1, -0.05) is 23.9 Å². The van der Waals surface area contributed by atoms with Crippen molar-refractivity contribution in [3.8, 4) is 0 Å². The number of nitrogens with zero attached hydrogens (tertiary/aromatic N) is 2. The second-order valence-electron chi connectivity index (χ2n) is 7.66. The van der Waals surface area contributed by atoms with Gasteiger partial charge in [-0.05, 0) is 51.8 Å². The number of ketones is 1. The smallest absolute Gasteiger partial charge is 0.339 e. The molecular formula is C24H29N3O5S. The molecule has 2 heterocycles. The van der Waals surface area contributed by atoms with Crippen LogP contribution in [-0.4, -0.2) is 51.9 Å². The molecule has 0 aliphatic carbocycles. The Labute approximate surface area is 196 Å². The minimum absolute atomic E-state index is 0.140. The zero-order chi connectivity index (χ0) is 24.1. The van der Waals surface area contributed by atoms with E-state index in [0.717, 1.165) is 0 Å². The first-order valence-electron chi connectivity index (χ1n) is 10.9. The third-order valence-electron chi connectivity index (χ3n) is 5.43. The molecule has 0 bridgehead atoms. The lowest BCUT2D eigenvalue weighted by atomic mass is 10.1. The summed E-state index contributed by atoms with van der Waals surface area (Å²) in [6.07, 6.45) is 0.654. The van der Waals surface area contributed by atoms with E-state index in [2.05, 4.69) is 9.97 Å². The van der Waals surface area contributed by atoms with Gasteiger partial charge in [-0.2, -0.15) is 0 Å². The van der Waals surface area contributed by atoms with Crippen LogP contribution in [0.1, 0.15) is 52.4 Å². The molecule has 0 fully saturated rings. The fraction of sp³-hybridized carbons (Fsp3) is 0.417. The zero-order valence-corrected chi connectivity index (χ0v) is 20.4. The predicted molar refractivity (Wildman–Crippen MR) is 128 cm³/mol. The van der Waals surface area contributed by atoms with Gasteiger partial charge in [0.25, 0.3) is 5.56 Å². The summed E-state index contributed by atoms with van der Waals surface area (Å²) < 4.78 is 11.9. The van der Waals surface area contributed by atoms with Crippen LogP contribution in [0.2, 0.25) is 0 Å². The first-order chi connectivity index (χ1) is 15.8. The maximum Gasteiger partial charge on any atom is 0.339 e. The van der Waals surface area contributed by atoms with Gasteiger partial charge in [0.2, 0.25) is 0 Å². The van der Waals surface area contributed by atoms with Crippen molar-refractivity contribution in [1.82, 2.24) is 14.5 Å². The average Bonchev–Trinajstić information content (AvgIpc) is 3.11. The summed E-state index contributed by atoms with van der Waals surface area (Å²) in [5.41, 5.74) is 2.31. The summed E-state index contributed by atoms with van der Waals surface area (Å²) in [6.45, 7) is 8.73. The van der Waals surface area contributed by atoms with Crippen molar-refractivity contribution in [3.05, 3.63) is 57.1 Å². The number of thioether (sulfide) groups is 1. The number of esters is 1. The highest BCUT2D eigenvalue weighted by atomic mass is 32.2. The molecule has 176 valence electrons. The molecule has 0 aliphatic rings. The van der Waals surface area contributed by atoms with Gasteiger partial charge >= 0.3 is 5.97 Å². The Morgan fingerprint density at radius 3 is 2.67 bits per heavy atom. The minimum atomic E-state index is -0.543. The second kappa shape index (κ2) is 10.8. The van der Waals surface area contributed by atoms with Crippen molar-refractivity contribution in [1.29, 1.82) is 0 Å². The molecule has 0 saturated carbocycles. The monoisotopic (exact) mass is 471 g/mol. The molecule has 0 radical (unpaired) electrons. The predicted octanol–water partition coefficient (Wildman–Crippen LogP) is 3.92. The maximum atomic E-state index is 13.3. The third kappa shape index (κ3) is 5.20. The van der Waals surface area contributed by atoms with Crippen LogP contribution < -0.4 is 5.56 Å². The lowest BCUT2D eigenvalue weighted by molar-refractivity contribution is 0.0599. The van der Waals surface area contributed by atoms with Crippen molar-refractivity contribution >= 4 is 34.4 Å². The SMILES string of the molecule is CCOCCCn1c(S[C@@H](C)C(=O)c2[nH]c(C)c(C(=O)OC)c2C)nc2ccccc2c1=O. The molecule has 0 saturated heterocycles. The fourth-order valence-electron chi connectivity index (χ4n) is 3.72. The van der Waals surface area contributed by atoms with E-state index in [1.54, 1.807) is 37.5 Å². The van der Waals surface area contributed by atoms with Crippen LogP contribution in [0, 0.1) is 13.8 Å². The van der Waals surface area contributed by atoms with Crippen LogP contribution in [-0.2, 0) is 16.0 Å². The number of hydrogen-bond acceptors (Lipinski definition) is 7. The van der Waals surface area contributed by atoms with E-state index in [-0.39, 0.29) is 11.3 Å². The van der Waals surface area contributed by atoms with E-state index >= 15 is 0 Å². The van der Waals surface area contributed by atoms with Gasteiger partial charge in [-0.15, -0.1) is 0 Å². The van der Waals surface area contributed by atoms with Crippen LogP contribution in [0.25, 0.3) is 10.9 Å². The van der Waals surface area contributed by atoms with Crippen LogP contribution in [0.3, 0.4) is 0 Å². The molecule has 9 heteroatoms. The topological polar surface area (TPSA) is 103 Å². The van der Waals surface area contributed by atoms with Crippen LogP contribution in [0.15, 0.2) is 34.2 Å². The van der Waals surface area contributed by atoms with Gasteiger partial charge in [-0.3, -0.25) is 14.2 Å². The zero-order valence-electron chi connectivity index (χ0n) is 19.6. The number of methoxy groups -OCH3 is 1. The maximum absolute atomic E-state index is 13.3. The van der Waals surface area contributed by atoms with Crippen molar-refractivity contribution < 1.29 is 19.1 Å². The number of fused-ring (bicyclic) bond motifs is 1. The van der Waals surface area contributed by atoms with Crippen molar-refractivity contribution in [2.75, 3.05) is 20.3 Å². The number of rotatable bonds is 10. The van der Waals surface area contributed by atoms with Gasteiger partial charge < -0.3 is 14.5 Å². The number of carbonyl (C=O) groups excluding carboxylic acids is 2. The lowest BCUT2D eigenvalue weighted by Crippen LogP contribution is -2.26. The molecule has 0 aliphatic heterocycles. The normalized spacial score (nSPS) is 12.2. The molecule has 0 amide bonds. The van der Waals surface area contributed by atoms with Crippen LogP contribution in [0.5, 0.6) is 0 Å². The van der Waals surface area contributed by atoms with Crippen molar-refractivity contribution in [2.24, 2.45) is 0 Å². The first kappa shape index (κ1) is 24.7. The number of benzene rings is 1. The summed E-state index contributed by atoms with van der Waals surface area (Å²) >= 11 is 1.23. The Balaban J connectivity index is 1.94. The highest BCUT2D eigenvalue weighted by Gasteiger charge is 2.27. The van der Waals surface area contributed by atoms with Gasteiger partial charge in [0.15, 0.2) is 10.9 Å². The van der Waals surface area contributed by atoms with Crippen molar-refractivity contribution in [3.63, 3.8) is 0 Å². The number of nitrogens with one attached hydrogen (secondary N) is 1. The quantitative estimate of drug-likeness (QED) is 0.157. The van der Waals surface area contributed by atoms with E-state index in [0.29, 0.717) is 64.8 Å². The molecule has 2 aromatic heterocycles. The van der Waals surface area contributed by atoms with Crippen LogP contribution >= 0.6 is 11.8 Å². The molecular weight excluding hydrogens is 442 g/mol. The van der Waals surface area contributed by atoms with E-state index in [4.69, 9.17) is 9.47 Å². The molecule has 3 rings (SSSR count). The number of aromatic nitrogens is 3. The van der Waals surface area contributed by atoms with E-state index in [1.165, 1.54) is 18.9 Å². The molecule has 8 nitrogen and oxygen atoms in total. The number of carbonyl (C=O) groups is 2. The number of Topliss-reactive ketones (excluding diaryl/α,β-unsaturated/α-hetero) is 1. The molecule has 3 aromatic rings. The molecule has 0 unspecified atom stereocenters. The number of para-hydroxylation sites is 1. The highest BCUT2D eigenvalue weighted by Crippen LogP contribution is 2.28. The number of aryl methyl sites for hydroxylation is 1. The summed E-state index contributed by atoms with van der Waals surface area (Å²) in [5.74, 6) is -0.668. The third-order valence-corrected chi connectivity index (χ3v) is 6.52. The van der Waals surface area contributed by atoms with E-state index in [9.17, 15) is 14.4 Å². The Bertz CT molecular complexity index is 1230. The Hall–Kier alpha value is -2.91. The summed E-state index contributed by atoms with van der Waals surface area (Å²) in [6, 6.07) is 7.19. The molecule has 1 aromatic carbocycles. The molecule has 0 spiro atoms. The van der Waals surface area contributed by atoms with Gasteiger partial charge in [0.1, 0.15) is 0 Å². The number of ether oxygens (including phenoxy) is 2. The lowest BCUT2D eigenvalue weighted by Gasteiger charge is -2.16. The fourth-order valence-corrected chi connectivity index (χ4v) is 4.72. The molecule has 33 heavy (non-hydrogen) atoms. The Morgan fingerprint density at radius 2 is 1.97 bits per heavy atom. The van der Waals surface area contributed by atoms with Gasteiger partial charge in [0.05, 0.1) is 34.5 Å². The Kier molecular flexibility index (Phi) is 8.10. The summed E-state index contributed by atoms with van der Waals surface area (Å²) in [7, 11) is 1.31. The van der Waals surface area contributed by atoms with E-state index < -0.39 is 11.2 Å². The molecule has 1 atom stereocenters. The number of aromatic amines is 1. The first-order valence-corrected chi connectivity index (χ1v) is 11.7. The standard InChI is InChI=1S/C24H29N3O5S/c1-6-32-13-9-12-27-22(29)17-10-7-8-11-18(17)26-24(27)33-16(4)21(28)20-14(2)19(15(3)25-20)23(30)31-5/h7-8,10-11,16,25H,6,9,12-13H2,1-5H3/t16-/m0/s1. The average molecular weight is 472 g/mol.